The largest absolute Gasteiger partial charge is 0.480 e. The topological polar surface area (TPSA) is 137 Å². The van der Waals surface area contributed by atoms with Crippen molar-refractivity contribution in [3.8, 4) is 0 Å². The normalized spacial score (nSPS) is 23.3. The minimum Gasteiger partial charge on any atom is -0.480 e. The second-order valence-electron chi connectivity index (χ2n) is 15.7. The van der Waals surface area contributed by atoms with Gasteiger partial charge in [-0.25, -0.2) is 0 Å². The van der Waals surface area contributed by atoms with E-state index in [0.717, 1.165) is 51.4 Å². The third-order valence-electron chi connectivity index (χ3n) is 9.61. The van der Waals surface area contributed by atoms with E-state index < -0.39 is 5.97 Å². The molecule has 2 fully saturated rings. The summed E-state index contributed by atoms with van der Waals surface area (Å²) in [5, 5.41) is 23.9. The molecule has 2 aliphatic rings. The minimum absolute atomic E-state index is 0.126. The Bertz CT molecular complexity index is 1020. The number of aliphatic carboxylic acids is 1. The maximum atomic E-state index is 11.4. The summed E-state index contributed by atoms with van der Waals surface area (Å²) in [6, 6.07) is 0.253. The van der Waals surface area contributed by atoms with E-state index in [2.05, 4.69) is 105 Å². The molecule has 0 saturated carbocycles. The molecule has 3 rings (SSSR count). The quantitative estimate of drug-likeness (QED) is 0.175. The van der Waals surface area contributed by atoms with Gasteiger partial charge in [-0.3, -0.25) is 4.79 Å². The van der Waals surface area contributed by atoms with Gasteiger partial charge in [0.1, 0.15) is 6.54 Å². The maximum Gasteiger partial charge on any atom is 0.322 e. The van der Waals surface area contributed by atoms with Gasteiger partial charge >= 0.3 is 5.97 Å². The number of carbonyl (C=O) groups is 1. The Morgan fingerprint density at radius 2 is 1.07 bits per heavy atom. The standard InChI is InChI=1S/C33H62N8O4/c1-13-15-24(22-17-30(3,4)40(44-11)31(5,6)18-22)35-28-37-27(34-21-26(42)43)38-29(39-28)36-25(16-14-2)23-19-32(7,8)41(45-12)33(9,10)20-23/h22-25H,13-21H2,1-12H3,(H,42,43)(H3,34,35,36,37,38,39). The molecule has 12 heteroatoms. The second-order valence-corrected chi connectivity index (χ2v) is 15.7. The zero-order valence-electron chi connectivity index (χ0n) is 30.1. The molecule has 2 unspecified atom stereocenters. The third-order valence-corrected chi connectivity index (χ3v) is 9.61. The van der Waals surface area contributed by atoms with Crippen molar-refractivity contribution in [2.45, 2.75) is 155 Å². The molecule has 2 aliphatic heterocycles. The average molecular weight is 635 g/mol. The fourth-order valence-electron chi connectivity index (χ4n) is 8.78. The average Bonchev–Trinajstić information content (AvgIpc) is 2.89. The van der Waals surface area contributed by atoms with Gasteiger partial charge in [-0.2, -0.15) is 25.1 Å². The molecule has 0 radical (unpaired) electrons. The van der Waals surface area contributed by atoms with E-state index in [1.54, 1.807) is 14.2 Å². The van der Waals surface area contributed by atoms with Crippen molar-refractivity contribution >= 4 is 23.8 Å². The smallest absolute Gasteiger partial charge is 0.322 e. The van der Waals surface area contributed by atoms with Gasteiger partial charge in [0.25, 0.3) is 0 Å². The Morgan fingerprint density at radius 3 is 1.36 bits per heavy atom. The van der Waals surface area contributed by atoms with E-state index in [1.165, 1.54) is 0 Å². The van der Waals surface area contributed by atoms with E-state index in [-0.39, 0.29) is 46.7 Å². The number of anilines is 3. The highest BCUT2D eigenvalue weighted by atomic mass is 16.7. The van der Waals surface area contributed by atoms with Gasteiger partial charge in [0.2, 0.25) is 17.8 Å². The summed E-state index contributed by atoms with van der Waals surface area (Å²) in [6.07, 6.45) is 7.73. The lowest BCUT2D eigenvalue weighted by molar-refractivity contribution is -0.272. The fourth-order valence-corrected chi connectivity index (χ4v) is 8.78. The Kier molecular flexibility index (Phi) is 12.1. The predicted octanol–water partition coefficient (Wildman–Crippen LogP) is 6.19. The van der Waals surface area contributed by atoms with Crippen LogP contribution in [-0.4, -0.2) is 91.2 Å². The number of nitrogens with zero attached hydrogens (tertiary/aromatic N) is 5. The molecular formula is C33H62N8O4. The highest BCUT2D eigenvalue weighted by Gasteiger charge is 2.49. The van der Waals surface area contributed by atoms with Crippen molar-refractivity contribution in [1.82, 2.24) is 25.1 Å². The van der Waals surface area contributed by atoms with Crippen LogP contribution in [0.2, 0.25) is 0 Å². The monoisotopic (exact) mass is 634 g/mol. The molecule has 2 atom stereocenters. The molecule has 0 bridgehead atoms. The third kappa shape index (κ3) is 9.17. The van der Waals surface area contributed by atoms with Gasteiger partial charge in [-0.05, 0) is 106 Å². The van der Waals surface area contributed by atoms with Crippen molar-refractivity contribution in [2.75, 3.05) is 36.7 Å². The van der Waals surface area contributed by atoms with Crippen LogP contribution in [0.25, 0.3) is 0 Å². The van der Waals surface area contributed by atoms with Crippen LogP contribution < -0.4 is 16.0 Å². The van der Waals surface area contributed by atoms with Crippen LogP contribution >= 0.6 is 0 Å². The first kappa shape index (κ1) is 37.2. The highest BCUT2D eigenvalue weighted by Crippen LogP contribution is 2.45. The summed E-state index contributed by atoms with van der Waals surface area (Å²) in [5.41, 5.74) is -0.602. The number of hydrogen-bond donors (Lipinski definition) is 4. The lowest BCUT2D eigenvalue weighted by Crippen LogP contribution is -2.61. The number of nitrogens with one attached hydrogen (secondary N) is 3. The number of rotatable bonds is 15. The summed E-state index contributed by atoms with van der Waals surface area (Å²) >= 11 is 0. The molecule has 0 spiro atoms. The van der Waals surface area contributed by atoms with Gasteiger partial charge in [-0.15, -0.1) is 0 Å². The summed E-state index contributed by atoms with van der Waals surface area (Å²) in [5.74, 6) is 0.882. The van der Waals surface area contributed by atoms with Crippen LogP contribution in [0.4, 0.5) is 17.8 Å². The molecule has 0 aromatic carbocycles. The van der Waals surface area contributed by atoms with E-state index in [4.69, 9.17) is 14.7 Å². The Labute approximate surface area is 271 Å². The number of carboxylic acids is 1. The number of aromatic nitrogens is 3. The molecule has 12 nitrogen and oxygen atoms in total. The lowest BCUT2D eigenvalue weighted by Gasteiger charge is -2.54. The summed E-state index contributed by atoms with van der Waals surface area (Å²) in [7, 11) is 3.51. The molecule has 0 aliphatic carbocycles. The van der Waals surface area contributed by atoms with Crippen LogP contribution in [0.3, 0.4) is 0 Å². The maximum absolute atomic E-state index is 11.4. The first-order valence-corrected chi connectivity index (χ1v) is 16.8. The molecule has 45 heavy (non-hydrogen) atoms. The van der Waals surface area contributed by atoms with Crippen LogP contribution in [0.15, 0.2) is 0 Å². The Balaban J connectivity index is 1.94. The molecular weight excluding hydrogens is 572 g/mol. The van der Waals surface area contributed by atoms with E-state index >= 15 is 0 Å². The molecule has 2 saturated heterocycles. The fraction of sp³-hybridized carbons (Fsp3) is 0.879. The first-order chi connectivity index (χ1) is 20.9. The minimum atomic E-state index is -0.976. The summed E-state index contributed by atoms with van der Waals surface area (Å²) in [4.78, 5) is 37.4. The van der Waals surface area contributed by atoms with Crippen molar-refractivity contribution in [3.05, 3.63) is 0 Å². The molecule has 1 aromatic rings. The van der Waals surface area contributed by atoms with Crippen molar-refractivity contribution in [1.29, 1.82) is 0 Å². The van der Waals surface area contributed by atoms with Crippen LogP contribution in [0, 0.1) is 11.8 Å². The van der Waals surface area contributed by atoms with Gasteiger partial charge in [0.05, 0.1) is 14.2 Å². The molecule has 258 valence electrons. The van der Waals surface area contributed by atoms with Gasteiger partial charge in [0, 0.05) is 34.2 Å². The first-order valence-electron chi connectivity index (χ1n) is 16.8. The van der Waals surface area contributed by atoms with E-state index in [9.17, 15) is 9.90 Å². The predicted molar refractivity (Wildman–Crippen MR) is 180 cm³/mol. The number of hydrogen-bond acceptors (Lipinski definition) is 11. The van der Waals surface area contributed by atoms with Crippen LogP contribution in [0.5, 0.6) is 0 Å². The van der Waals surface area contributed by atoms with Crippen molar-refractivity contribution in [3.63, 3.8) is 0 Å². The van der Waals surface area contributed by atoms with Gasteiger partial charge in [0.15, 0.2) is 0 Å². The second kappa shape index (κ2) is 14.6. The van der Waals surface area contributed by atoms with Gasteiger partial charge < -0.3 is 30.7 Å². The number of piperidine rings is 2. The molecule has 1 aromatic heterocycles. The Morgan fingerprint density at radius 1 is 0.733 bits per heavy atom. The van der Waals surface area contributed by atoms with Crippen molar-refractivity contribution in [2.24, 2.45) is 11.8 Å². The summed E-state index contributed by atoms with van der Waals surface area (Å²) < 4.78 is 0. The van der Waals surface area contributed by atoms with Crippen LogP contribution in [0.1, 0.15) is 121 Å². The Hall–Kier alpha value is -2.28. The van der Waals surface area contributed by atoms with Gasteiger partial charge in [-0.1, -0.05) is 26.7 Å². The summed E-state index contributed by atoms with van der Waals surface area (Å²) in [6.45, 7) is 22.0. The SMILES string of the molecule is CCCC(Nc1nc(NCC(=O)O)nc(NC(CCC)C2CC(C)(C)N(OC)C(C)(C)C2)n1)C1CC(C)(C)N(OC)C(C)(C)C1. The highest BCUT2D eigenvalue weighted by molar-refractivity contribution is 5.72. The van der Waals surface area contributed by atoms with Crippen molar-refractivity contribution < 1.29 is 19.6 Å². The van der Waals surface area contributed by atoms with Crippen LogP contribution in [-0.2, 0) is 14.5 Å². The van der Waals surface area contributed by atoms with E-state index in [0.29, 0.717) is 23.7 Å². The number of carboxylic acid groups (broad SMARTS) is 1. The lowest BCUT2D eigenvalue weighted by atomic mass is 9.71. The molecule has 3 heterocycles. The molecule has 4 N–H and O–H groups in total. The number of hydroxylamine groups is 4. The molecule has 0 amide bonds. The zero-order valence-corrected chi connectivity index (χ0v) is 30.1. The zero-order chi connectivity index (χ0) is 33.8. The van der Waals surface area contributed by atoms with E-state index in [1.807, 2.05) is 0 Å².